The Balaban J connectivity index is 1.96. The van der Waals surface area contributed by atoms with Gasteiger partial charge >= 0.3 is 6.09 Å². The van der Waals surface area contributed by atoms with Gasteiger partial charge in [-0.05, 0) is 18.9 Å². The topological polar surface area (TPSA) is 89.3 Å². The second-order valence-corrected chi connectivity index (χ2v) is 5.83. The zero-order chi connectivity index (χ0) is 17.6. The number of para-hydroxylation sites is 1. The summed E-state index contributed by atoms with van der Waals surface area (Å²) in [7, 11) is 0. The van der Waals surface area contributed by atoms with Gasteiger partial charge in [0.25, 0.3) is 0 Å². The Labute approximate surface area is 145 Å². The quantitative estimate of drug-likeness (QED) is 0.614. The predicted molar refractivity (Wildman–Crippen MR) is 95.6 cm³/mol. The molecular weight excluding hydrogens is 320 g/mol. The van der Waals surface area contributed by atoms with Crippen LogP contribution in [-0.4, -0.2) is 38.9 Å². The van der Waals surface area contributed by atoms with Crippen LogP contribution in [0, 0.1) is 0 Å². The van der Waals surface area contributed by atoms with Crippen molar-refractivity contribution in [2.24, 2.45) is 0 Å². The molecule has 0 unspecified atom stereocenters. The average Bonchev–Trinajstić information content (AvgIpc) is 2.97. The minimum absolute atomic E-state index is 0.396. The molecule has 3 rings (SSSR count). The number of nitrogens with zero attached hydrogens (tertiary/aromatic N) is 3. The van der Waals surface area contributed by atoms with Gasteiger partial charge in [-0.3, -0.25) is 4.98 Å². The van der Waals surface area contributed by atoms with Crippen LogP contribution in [0.1, 0.15) is 25.6 Å². The molecule has 3 aromatic rings. The highest BCUT2D eigenvalue weighted by Crippen LogP contribution is 2.25. The molecule has 7 heteroatoms. The van der Waals surface area contributed by atoms with Crippen LogP contribution in [0.2, 0.25) is 0 Å². The van der Waals surface area contributed by atoms with Crippen LogP contribution in [0.4, 0.5) is 4.79 Å². The van der Waals surface area contributed by atoms with Gasteiger partial charge in [0.1, 0.15) is 17.9 Å². The lowest BCUT2D eigenvalue weighted by Gasteiger charge is -2.11. The van der Waals surface area contributed by atoms with E-state index < -0.39 is 6.09 Å². The van der Waals surface area contributed by atoms with E-state index in [4.69, 9.17) is 9.84 Å². The SMILES string of the molecule is CCCOCc1nc2cnc3ccccc3c2n1CCCNC(=O)O. The normalized spacial score (nSPS) is 11.2. The fourth-order valence-electron chi connectivity index (χ4n) is 2.90. The second kappa shape index (κ2) is 7.94. The van der Waals surface area contributed by atoms with Crippen LogP contribution in [0.15, 0.2) is 30.5 Å². The van der Waals surface area contributed by atoms with E-state index in [1.165, 1.54) is 0 Å². The molecule has 0 aliphatic carbocycles. The molecule has 7 nitrogen and oxygen atoms in total. The van der Waals surface area contributed by atoms with Crippen molar-refractivity contribution in [3.05, 3.63) is 36.3 Å². The van der Waals surface area contributed by atoms with E-state index in [2.05, 4.69) is 26.8 Å². The molecule has 1 amide bonds. The van der Waals surface area contributed by atoms with Gasteiger partial charge in [0.2, 0.25) is 0 Å². The van der Waals surface area contributed by atoms with E-state index >= 15 is 0 Å². The van der Waals surface area contributed by atoms with Crippen LogP contribution >= 0.6 is 0 Å². The number of carbonyl (C=O) groups is 1. The highest BCUT2D eigenvalue weighted by Gasteiger charge is 2.14. The minimum atomic E-state index is -1.00. The van der Waals surface area contributed by atoms with Crippen LogP contribution < -0.4 is 5.32 Å². The second-order valence-electron chi connectivity index (χ2n) is 5.83. The molecule has 0 bridgehead atoms. The third-order valence-corrected chi connectivity index (χ3v) is 3.97. The van der Waals surface area contributed by atoms with Gasteiger partial charge in [0, 0.05) is 25.1 Å². The first-order chi connectivity index (χ1) is 12.2. The molecule has 0 aliphatic rings. The van der Waals surface area contributed by atoms with Crippen LogP contribution in [0.5, 0.6) is 0 Å². The van der Waals surface area contributed by atoms with Crippen molar-refractivity contribution in [2.45, 2.75) is 32.9 Å². The van der Waals surface area contributed by atoms with Gasteiger partial charge in [-0.2, -0.15) is 0 Å². The molecule has 0 saturated heterocycles. The van der Waals surface area contributed by atoms with Gasteiger partial charge in [0.15, 0.2) is 0 Å². The van der Waals surface area contributed by atoms with Crippen molar-refractivity contribution in [3.63, 3.8) is 0 Å². The summed E-state index contributed by atoms with van der Waals surface area (Å²) in [6, 6.07) is 7.96. The first kappa shape index (κ1) is 17.2. The molecule has 0 aliphatic heterocycles. The molecule has 2 aromatic heterocycles. The maximum atomic E-state index is 10.6. The lowest BCUT2D eigenvalue weighted by atomic mass is 10.2. The third kappa shape index (κ3) is 3.88. The highest BCUT2D eigenvalue weighted by atomic mass is 16.5. The number of aryl methyl sites for hydroxylation is 1. The summed E-state index contributed by atoms with van der Waals surface area (Å²) in [6.07, 6.45) is 2.41. The fraction of sp³-hybridized carbons (Fsp3) is 0.389. The first-order valence-electron chi connectivity index (χ1n) is 8.48. The number of amides is 1. The Morgan fingerprint density at radius 1 is 1.32 bits per heavy atom. The number of aromatic nitrogens is 3. The van der Waals surface area contributed by atoms with Gasteiger partial charge in [-0.25, -0.2) is 9.78 Å². The fourth-order valence-corrected chi connectivity index (χ4v) is 2.90. The zero-order valence-corrected chi connectivity index (χ0v) is 14.2. The molecule has 0 atom stereocenters. The number of nitrogens with one attached hydrogen (secondary N) is 1. The maximum Gasteiger partial charge on any atom is 0.404 e. The number of hydrogen-bond acceptors (Lipinski definition) is 4. The highest BCUT2D eigenvalue weighted by molar-refractivity contribution is 6.02. The maximum absolute atomic E-state index is 10.6. The van der Waals surface area contributed by atoms with Crippen molar-refractivity contribution in [1.82, 2.24) is 19.9 Å². The summed E-state index contributed by atoms with van der Waals surface area (Å²) < 4.78 is 7.81. The lowest BCUT2D eigenvalue weighted by molar-refractivity contribution is 0.114. The standard InChI is InChI=1S/C18H22N4O3/c1-2-10-25-12-16-21-15-11-20-14-7-4-3-6-13(14)17(15)22(16)9-5-8-19-18(23)24/h3-4,6-7,11,19H,2,5,8-10,12H2,1H3,(H,23,24). The van der Waals surface area contributed by atoms with Gasteiger partial charge in [0.05, 0.1) is 17.2 Å². The molecule has 2 heterocycles. The number of fused-ring (bicyclic) bond motifs is 3. The van der Waals surface area contributed by atoms with Gasteiger partial charge < -0.3 is 19.7 Å². The Bertz CT molecular complexity index is 875. The van der Waals surface area contributed by atoms with Crippen molar-refractivity contribution in [2.75, 3.05) is 13.2 Å². The summed E-state index contributed by atoms with van der Waals surface area (Å²) >= 11 is 0. The number of carboxylic acid groups (broad SMARTS) is 1. The van der Waals surface area contributed by atoms with Crippen molar-refractivity contribution >= 4 is 28.0 Å². The minimum Gasteiger partial charge on any atom is -0.465 e. The number of benzene rings is 1. The van der Waals surface area contributed by atoms with Crippen LogP contribution in [0.25, 0.3) is 21.9 Å². The van der Waals surface area contributed by atoms with Crippen molar-refractivity contribution < 1.29 is 14.6 Å². The number of rotatable bonds is 8. The number of hydrogen-bond donors (Lipinski definition) is 2. The molecule has 2 N–H and O–H groups in total. The van der Waals surface area contributed by atoms with Crippen LogP contribution in [-0.2, 0) is 17.9 Å². The monoisotopic (exact) mass is 342 g/mol. The summed E-state index contributed by atoms with van der Waals surface area (Å²) in [6.45, 7) is 4.24. The summed E-state index contributed by atoms with van der Waals surface area (Å²) in [5, 5.41) is 12.2. The van der Waals surface area contributed by atoms with Gasteiger partial charge in [-0.15, -0.1) is 0 Å². The van der Waals surface area contributed by atoms with Crippen molar-refractivity contribution in [3.8, 4) is 0 Å². The Morgan fingerprint density at radius 2 is 2.16 bits per heavy atom. The molecule has 0 radical (unpaired) electrons. The first-order valence-corrected chi connectivity index (χ1v) is 8.48. The number of pyridine rings is 1. The van der Waals surface area contributed by atoms with E-state index in [-0.39, 0.29) is 0 Å². The van der Waals surface area contributed by atoms with E-state index in [1.807, 2.05) is 24.3 Å². The van der Waals surface area contributed by atoms with Crippen LogP contribution in [0.3, 0.4) is 0 Å². The van der Waals surface area contributed by atoms with E-state index in [0.29, 0.717) is 32.7 Å². The molecule has 132 valence electrons. The summed E-state index contributed by atoms with van der Waals surface area (Å²) in [5.41, 5.74) is 2.77. The molecule has 1 aromatic carbocycles. The molecule has 0 spiro atoms. The molecule has 25 heavy (non-hydrogen) atoms. The predicted octanol–water partition coefficient (Wildman–Crippen LogP) is 3.17. The lowest BCUT2D eigenvalue weighted by Crippen LogP contribution is -2.23. The number of imidazole rings is 1. The van der Waals surface area contributed by atoms with E-state index in [0.717, 1.165) is 34.2 Å². The Hall–Kier alpha value is -2.67. The molecular formula is C18H22N4O3. The third-order valence-electron chi connectivity index (χ3n) is 3.97. The van der Waals surface area contributed by atoms with Crippen molar-refractivity contribution in [1.29, 1.82) is 0 Å². The Kier molecular flexibility index (Phi) is 5.45. The smallest absolute Gasteiger partial charge is 0.404 e. The Morgan fingerprint density at radius 3 is 2.96 bits per heavy atom. The summed E-state index contributed by atoms with van der Waals surface area (Å²) in [5.74, 6) is 0.844. The largest absolute Gasteiger partial charge is 0.465 e. The molecule has 0 saturated carbocycles. The van der Waals surface area contributed by atoms with E-state index in [1.54, 1.807) is 6.20 Å². The summed E-state index contributed by atoms with van der Waals surface area (Å²) in [4.78, 5) is 19.8. The van der Waals surface area contributed by atoms with Gasteiger partial charge in [-0.1, -0.05) is 25.1 Å². The number of ether oxygens (including phenoxy) is 1. The zero-order valence-electron chi connectivity index (χ0n) is 14.2. The van der Waals surface area contributed by atoms with E-state index in [9.17, 15) is 4.79 Å². The average molecular weight is 342 g/mol. The molecule has 0 fully saturated rings.